The molecule has 0 fully saturated rings. The highest BCUT2D eigenvalue weighted by Crippen LogP contribution is 2.26. The van der Waals surface area contributed by atoms with Crippen molar-refractivity contribution in [3.8, 4) is 11.1 Å². The first-order valence-electron chi connectivity index (χ1n) is 8.40. The molecule has 128 valence electrons. The molecular weight excluding hydrogens is 324 g/mol. The third-order valence-electron chi connectivity index (χ3n) is 4.19. The Morgan fingerprint density at radius 1 is 0.846 bits per heavy atom. The van der Waals surface area contributed by atoms with Crippen molar-refractivity contribution in [1.82, 2.24) is 19.9 Å². The normalized spacial score (nSPS) is 10.8. The second kappa shape index (κ2) is 7.14. The molecule has 2 aromatic heterocycles. The van der Waals surface area contributed by atoms with Crippen LogP contribution in [-0.2, 0) is 6.42 Å². The van der Waals surface area contributed by atoms with Crippen LogP contribution in [0, 0.1) is 0 Å². The van der Waals surface area contributed by atoms with Crippen molar-refractivity contribution in [3.05, 3.63) is 72.8 Å². The Hall–Kier alpha value is -3.54. The molecule has 0 aliphatic heterocycles. The van der Waals surface area contributed by atoms with Crippen LogP contribution in [-0.4, -0.2) is 26.5 Å². The zero-order chi connectivity index (χ0) is 17.8. The lowest BCUT2D eigenvalue weighted by Gasteiger charge is -2.10. The van der Waals surface area contributed by atoms with Crippen molar-refractivity contribution in [2.75, 3.05) is 17.6 Å². The molecule has 0 radical (unpaired) electrons. The van der Waals surface area contributed by atoms with E-state index in [2.05, 4.69) is 55.6 Å². The summed E-state index contributed by atoms with van der Waals surface area (Å²) in [6, 6.07) is 16.4. The summed E-state index contributed by atoms with van der Waals surface area (Å²) in [4.78, 5) is 16.9. The smallest absolute Gasteiger partial charge is 0.219 e. The number of aromatic nitrogens is 4. The summed E-state index contributed by atoms with van der Waals surface area (Å²) in [6.45, 7) is 0.797. The van der Waals surface area contributed by atoms with Gasteiger partial charge in [0, 0.05) is 29.9 Å². The topological polar surface area (TPSA) is 89.6 Å². The minimum absolute atomic E-state index is 0.265. The van der Waals surface area contributed by atoms with Gasteiger partial charge in [-0.05, 0) is 29.7 Å². The number of anilines is 2. The summed E-state index contributed by atoms with van der Waals surface area (Å²) in [5, 5.41) is 4.39. The van der Waals surface area contributed by atoms with Crippen LogP contribution in [0.25, 0.3) is 22.0 Å². The molecular formula is C20H18N6. The summed E-state index contributed by atoms with van der Waals surface area (Å²) in [6.07, 6.45) is 5.95. The molecule has 4 aromatic rings. The van der Waals surface area contributed by atoms with Crippen LogP contribution in [0.4, 0.5) is 11.8 Å². The number of nitrogens with two attached hydrogens (primary N) is 1. The molecule has 26 heavy (non-hydrogen) atoms. The van der Waals surface area contributed by atoms with Gasteiger partial charge in [-0.1, -0.05) is 36.4 Å². The van der Waals surface area contributed by atoms with Crippen molar-refractivity contribution in [2.45, 2.75) is 6.42 Å². The van der Waals surface area contributed by atoms with Gasteiger partial charge in [-0.2, -0.15) is 0 Å². The van der Waals surface area contributed by atoms with Gasteiger partial charge >= 0.3 is 0 Å². The van der Waals surface area contributed by atoms with E-state index in [1.807, 2.05) is 18.2 Å². The third kappa shape index (κ3) is 3.44. The van der Waals surface area contributed by atoms with E-state index in [1.165, 1.54) is 5.56 Å². The average molecular weight is 342 g/mol. The fourth-order valence-corrected chi connectivity index (χ4v) is 2.83. The van der Waals surface area contributed by atoms with E-state index in [-0.39, 0.29) is 5.95 Å². The van der Waals surface area contributed by atoms with Crippen LogP contribution in [0.2, 0.25) is 0 Å². The van der Waals surface area contributed by atoms with Crippen LogP contribution in [0.1, 0.15) is 5.56 Å². The van der Waals surface area contributed by atoms with Gasteiger partial charge in [0.25, 0.3) is 0 Å². The highest BCUT2D eigenvalue weighted by atomic mass is 15.0. The highest BCUT2D eigenvalue weighted by Gasteiger charge is 2.07. The summed E-state index contributed by atoms with van der Waals surface area (Å²) in [7, 11) is 0. The van der Waals surface area contributed by atoms with Gasteiger partial charge in [-0.25, -0.2) is 19.9 Å². The molecule has 0 saturated heterocycles. The van der Waals surface area contributed by atoms with E-state index in [9.17, 15) is 0 Å². The van der Waals surface area contributed by atoms with Crippen molar-refractivity contribution in [3.63, 3.8) is 0 Å². The molecule has 0 atom stereocenters. The second-order valence-electron chi connectivity index (χ2n) is 5.95. The molecule has 0 aliphatic carbocycles. The second-order valence-corrected chi connectivity index (χ2v) is 5.95. The molecule has 2 aromatic carbocycles. The van der Waals surface area contributed by atoms with Crippen molar-refractivity contribution >= 4 is 22.7 Å². The van der Waals surface area contributed by atoms with E-state index in [0.717, 1.165) is 40.8 Å². The number of nitrogens with one attached hydrogen (secondary N) is 1. The molecule has 0 amide bonds. The molecule has 0 saturated carbocycles. The first-order valence-corrected chi connectivity index (χ1v) is 8.40. The van der Waals surface area contributed by atoms with Crippen molar-refractivity contribution < 1.29 is 0 Å². The van der Waals surface area contributed by atoms with Gasteiger partial charge in [0.1, 0.15) is 12.1 Å². The third-order valence-corrected chi connectivity index (χ3v) is 4.19. The minimum atomic E-state index is 0.265. The van der Waals surface area contributed by atoms with Crippen LogP contribution in [0.3, 0.4) is 0 Å². The molecule has 0 spiro atoms. The standard InChI is InChI=1S/C20H18N6/c21-20-23-11-16(12-24-20)15-6-7-18-17(10-15)19(26-13-25-18)22-9-8-14-4-2-1-3-5-14/h1-7,10-13H,8-9H2,(H2,21,23,24)(H,22,25,26). The molecule has 2 heterocycles. The number of fused-ring (bicyclic) bond motifs is 1. The van der Waals surface area contributed by atoms with Crippen LogP contribution >= 0.6 is 0 Å². The molecule has 6 nitrogen and oxygen atoms in total. The monoisotopic (exact) mass is 342 g/mol. The molecule has 3 N–H and O–H groups in total. The van der Waals surface area contributed by atoms with E-state index in [4.69, 9.17) is 5.73 Å². The highest BCUT2D eigenvalue weighted by molar-refractivity contribution is 5.92. The molecule has 0 unspecified atom stereocenters. The number of nitrogen functional groups attached to an aromatic ring is 1. The van der Waals surface area contributed by atoms with E-state index in [1.54, 1.807) is 18.7 Å². The zero-order valence-electron chi connectivity index (χ0n) is 14.1. The fraction of sp³-hybridized carbons (Fsp3) is 0.100. The maximum atomic E-state index is 5.57. The predicted molar refractivity (Wildman–Crippen MR) is 104 cm³/mol. The van der Waals surface area contributed by atoms with E-state index < -0.39 is 0 Å². The van der Waals surface area contributed by atoms with Crippen LogP contribution < -0.4 is 11.1 Å². The van der Waals surface area contributed by atoms with Gasteiger partial charge in [0.15, 0.2) is 0 Å². The fourth-order valence-electron chi connectivity index (χ4n) is 2.83. The van der Waals surface area contributed by atoms with Crippen molar-refractivity contribution in [1.29, 1.82) is 0 Å². The summed E-state index contributed by atoms with van der Waals surface area (Å²) in [5.41, 5.74) is 9.65. The van der Waals surface area contributed by atoms with Crippen LogP contribution in [0.5, 0.6) is 0 Å². The SMILES string of the molecule is Nc1ncc(-c2ccc3ncnc(NCCc4ccccc4)c3c2)cn1. The first kappa shape index (κ1) is 16.0. The zero-order valence-corrected chi connectivity index (χ0v) is 14.1. The maximum absolute atomic E-state index is 5.57. The maximum Gasteiger partial charge on any atom is 0.219 e. The predicted octanol–water partition coefficient (Wildman–Crippen LogP) is 3.32. The Labute approximate surface area is 151 Å². The quantitative estimate of drug-likeness (QED) is 0.578. The van der Waals surface area contributed by atoms with Gasteiger partial charge in [0.05, 0.1) is 5.52 Å². The summed E-state index contributed by atoms with van der Waals surface area (Å²) < 4.78 is 0. The summed E-state index contributed by atoms with van der Waals surface area (Å²) >= 11 is 0. The number of rotatable bonds is 5. The van der Waals surface area contributed by atoms with Gasteiger partial charge in [0.2, 0.25) is 5.95 Å². The largest absolute Gasteiger partial charge is 0.369 e. The van der Waals surface area contributed by atoms with Crippen LogP contribution in [0.15, 0.2) is 67.3 Å². The Morgan fingerprint density at radius 2 is 1.65 bits per heavy atom. The number of hydrogen-bond acceptors (Lipinski definition) is 6. The van der Waals surface area contributed by atoms with Gasteiger partial charge in [-0.15, -0.1) is 0 Å². The molecule has 4 rings (SSSR count). The number of benzene rings is 2. The molecule has 0 bridgehead atoms. The first-order chi connectivity index (χ1) is 12.8. The molecule has 6 heteroatoms. The summed E-state index contributed by atoms with van der Waals surface area (Å²) in [5.74, 6) is 1.09. The van der Waals surface area contributed by atoms with E-state index in [0.29, 0.717) is 0 Å². The van der Waals surface area contributed by atoms with Gasteiger partial charge < -0.3 is 11.1 Å². The lowest BCUT2D eigenvalue weighted by molar-refractivity contribution is 1.01. The lowest BCUT2D eigenvalue weighted by atomic mass is 10.1. The minimum Gasteiger partial charge on any atom is -0.369 e. The van der Waals surface area contributed by atoms with Gasteiger partial charge in [-0.3, -0.25) is 0 Å². The van der Waals surface area contributed by atoms with Crippen molar-refractivity contribution in [2.24, 2.45) is 0 Å². The Kier molecular flexibility index (Phi) is 4.38. The molecule has 0 aliphatic rings. The Morgan fingerprint density at radius 3 is 2.46 bits per heavy atom. The Balaban J connectivity index is 1.60. The Bertz CT molecular complexity index is 1020. The number of hydrogen-bond donors (Lipinski definition) is 2. The number of nitrogens with zero attached hydrogens (tertiary/aromatic N) is 4. The average Bonchev–Trinajstić information content (AvgIpc) is 2.69. The lowest BCUT2D eigenvalue weighted by Crippen LogP contribution is -2.07. The van der Waals surface area contributed by atoms with E-state index >= 15 is 0 Å².